The summed E-state index contributed by atoms with van der Waals surface area (Å²) >= 11 is 3.63. The Morgan fingerprint density at radius 2 is 1.89 bits per heavy atom. The Kier molecular flexibility index (Phi) is 7.95. The minimum absolute atomic E-state index is 0.507. The normalized spacial score (nSPS) is 14.9. The summed E-state index contributed by atoms with van der Waals surface area (Å²) < 4.78 is 17.8. The van der Waals surface area contributed by atoms with Gasteiger partial charge < -0.3 is 19.5 Å². The molecule has 2 aromatic rings. The molecule has 0 atom stereocenters. The predicted molar refractivity (Wildman–Crippen MR) is 110 cm³/mol. The number of morpholine rings is 1. The summed E-state index contributed by atoms with van der Waals surface area (Å²) in [5.74, 6) is 1.48. The molecule has 0 radical (unpaired) electrons. The van der Waals surface area contributed by atoms with Gasteiger partial charge in [-0.3, -0.25) is 4.90 Å². The third kappa shape index (κ3) is 6.21. The van der Waals surface area contributed by atoms with Gasteiger partial charge in [0.25, 0.3) is 0 Å². The zero-order valence-electron chi connectivity index (χ0n) is 15.7. The molecule has 3 rings (SSSR count). The Morgan fingerprint density at radius 1 is 1.11 bits per heavy atom. The summed E-state index contributed by atoms with van der Waals surface area (Å²) in [5, 5.41) is 3.51. The smallest absolute Gasteiger partial charge is 0.175 e. The lowest BCUT2D eigenvalue weighted by molar-refractivity contribution is 0.0384. The third-order valence-corrected chi connectivity index (χ3v) is 5.14. The SMILES string of the molecule is COc1cc(CNCCN2CCOCC2)cc(Br)c1OCc1ccccc1. The number of hydrogen-bond donors (Lipinski definition) is 1. The molecule has 1 saturated heterocycles. The number of methoxy groups -OCH3 is 1. The van der Waals surface area contributed by atoms with Crippen LogP contribution in [0.15, 0.2) is 46.9 Å². The van der Waals surface area contributed by atoms with E-state index < -0.39 is 0 Å². The minimum Gasteiger partial charge on any atom is -0.493 e. The van der Waals surface area contributed by atoms with Gasteiger partial charge in [-0.25, -0.2) is 0 Å². The van der Waals surface area contributed by atoms with E-state index in [9.17, 15) is 0 Å². The molecule has 1 aliphatic heterocycles. The van der Waals surface area contributed by atoms with Crippen LogP contribution in [0.5, 0.6) is 11.5 Å². The summed E-state index contributed by atoms with van der Waals surface area (Å²) in [6.45, 7) is 7.02. The first kappa shape index (κ1) is 20.1. The Labute approximate surface area is 169 Å². The van der Waals surface area contributed by atoms with Gasteiger partial charge in [-0.05, 0) is 39.2 Å². The first-order valence-corrected chi connectivity index (χ1v) is 10.1. The molecule has 0 aliphatic carbocycles. The molecule has 1 N–H and O–H groups in total. The molecule has 1 aliphatic rings. The lowest BCUT2D eigenvalue weighted by Crippen LogP contribution is -2.40. The number of ether oxygens (including phenoxy) is 3. The molecule has 0 bridgehead atoms. The second-order valence-corrected chi connectivity index (χ2v) is 7.37. The van der Waals surface area contributed by atoms with E-state index in [2.05, 4.69) is 32.2 Å². The highest BCUT2D eigenvalue weighted by Gasteiger charge is 2.13. The van der Waals surface area contributed by atoms with Crippen LogP contribution in [0.25, 0.3) is 0 Å². The van der Waals surface area contributed by atoms with Crippen molar-refractivity contribution in [3.8, 4) is 11.5 Å². The predicted octanol–water partition coefficient (Wildman–Crippen LogP) is 3.46. The zero-order valence-corrected chi connectivity index (χ0v) is 17.3. The highest BCUT2D eigenvalue weighted by molar-refractivity contribution is 9.10. The average molecular weight is 435 g/mol. The maximum atomic E-state index is 5.99. The van der Waals surface area contributed by atoms with Crippen LogP contribution in [0.3, 0.4) is 0 Å². The summed E-state index contributed by atoms with van der Waals surface area (Å²) in [6, 6.07) is 14.2. The molecule has 6 heteroatoms. The van der Waals surface area contributed by atoms with E-state index in [0.29, 0.717) is 6.61 Å². The maximum Gasteiger partial charge on any atom is 0.175 e. The second-order valence-electron chi connectivity index (χ2n) is 6.51. The van der Waals surface area contributed by atoms with Crippen molar-refractivity contribution in [1.82, 2.24) is 10.2 Å². The average Bonchev–Trinajstić information content (AvgIpc) is 2.71. The van der Waals surface area contributed by atoms with Crippen LogP contribution in [0.2, 0.25) is 0 Å². The van der Waals surface area contributed by atoms with Crippen LogP contribution in [0.1, 0.15) is 11.1 Å². The molecular weight excluding hydrogens is 408 g/mol. The molecule has 146 valence electrons. The maximum absolute atomic E-state index is 5.99. The van der Waals surface area contributed by atoms with Crippen LogP contribution in [0.4, 0.5) is 0 Å². The van der Waals surface area contributed by atoms with Crippen LogP contribution < -0.4 is 14.8 Å². The van der Waals surface area contributed by atoms with Gasteiger partial charge in [0, 0.05) is 32.7 Å². The first-order chi connectivity index (χ1) is 13.3. The lowest BCUT2D eigenvalue weighted by atomic mass is 10.2. The topological polar surface area (TPSA) is 43.0 Å². The van der Waals surface area contributed by atoms with E-state index in [1.165, 1.54) is 0 Å². The molecule has 0 aromatic heterocycles. The molecule has 0 unspecified atom stereocenters. The van der Waals surface area contributed by atoms with E-state index in [4.69, 9.17) is 14.2 Å². The standard InChI is InChI=1S/C21H27BrN2O3/c1-25-20-14-18(15-23-7-8-24-9-11-26-12-10-24)13-19(22)21(20)27-16-17-5-3-2-4-6-17/h2-6,13-14,23H,7-12,15-16H2,1H3. The van der Waals surface area contributed by atoms with Gasteiger partial charge in [0.15, 0.2) is 11.5 Å². The number of hydrogen-bond acceptors (Lipinski definition) is 5. The van der Waals surface area contributed by atoms with Crippen LogP contribution in [-0.4, -0.2) is 51.4 Å². The minimum atomic E-state index is 0.507. The molecule has 0 saturated carbocycles. The summed E-state index contributed by atoms with van der Waals surface area (Å²) in [4.78, 5) is 2.42. The van der Waals surface area contributed by atoms with Gasteiger partial charge in [0.2, 0.25) is 0 Å². The second kappa shape index (κ2) is 10.7. The molecule has 1 fully saturated rings. The van der Waals surface area contributed by atoms with Crippen LogP contribution in [-0.2, 0) is 17.9 Å². The highest BCUT2D eigenvalue weighted by Crippen LogP contribution is 2.37. The molecule has 2 aromatic carbocycles. The van der Waals surface area contributed by atoms with Gasteiger partial charge in [0.1, 0.15) is 6.61 Å². The van der Waals surface area contributed by atoms with Crippen molar-refractivity contribution in [2.24, 2.45) is 0 Å². The van der Waals surface area contributed by atoms with Crippen molar-refractivity contribution < 1.29 is 14.2 Å². The van der Waals surface area contributed by atoms with Gasteiger partial charge in [-0.1, -0.05) is 30.3 Å². The molecule has 0 amide bonds. The highest BCUT2D eigenvalue weighted by atomic mass is 79.9. The van der Waals surface area contributed by atoms with Crippen molar-refractivity contribution in [2.45, 2.75) is 13.2 Å². The van der Waals surface area contributed by atoms with Crippen LogP contribution in [0, 0.1) is 0 Å². The number of nitrogens with one attached hydrogen (secondary N) is 1. The fourth-order valence-electron chi connectivity index (χ4n) is 3.04. The Hall–Kier alpha value is -1.60. The van der Waals surface area contributed by atoms with E-state index in [1.807, 2.05) is 36.4 Å². The fourth-order valence-corrected chi connectivity index (χ4v) is 3.64. The van der Waals surface area contributed by atoms with Crippen molar-refractivity contribution in [3.05, 3.63) is 58.1 Å². The van der Waals surface area contributed by atoms with Crippen molar-refractivity contribution in [2.75, 3.05) is 46.5 Å². The van der Waals surface area contributed by atoms with E-state index >= 15 is 0 Å². The summed E-state index contributed by atoms with van der Waals surface area (Å²) in [6.07, 6.45) is 0. The van der Waals surface area contributed by atoms with Crippen LogP contribution >= 0.6 is 15.9 Å². The van der Waals surface area contributed by atoms with Crippen molar-refractivity contribution in [3.63, 3.8) is 0 Å². The van der Waals surface area contributed by atoms with Gasteiger partial charge in [0.05, 0.1) is 24.8 Å². The quantitative estimate of drug-likeness (QED) is 0.612. The molecule has 5 nitrogen and oxygen atoms in total. The first-order valence-electron chi connectivity index (χ1n) is 9.30. The van der Waals surface area contributed by atoms with Crippen molar-refractivity contribution >= 4 is 15.9 Å². The fraction of sp³-hybridized carbons (Fsp3) is 0.429. The Balaban J connectivity index is 1.53. The van der Waals surface area contributed by atoms with E-state index in [0.717, 1.165) is 73.0 Å². The number of benzene rings is 2. The summed E-state index contributed by atoms with van der Waals surface area (Å²) in [5.41, 5.74) is 2.29. The molecular formula is C21H27BrN2O3. The molecule has 0 spiro atoms. The van der Waals surface area contributed by atoms with E-state index in [1.54, 1.807) is 7.11 Å². The number of halogens is 1. The zero-order chi connectivity index (χ0) is 18.9. The number of nitrogens with zero attached hydrogens (tertiary/aromatic N) is 1. The molecule has 27 heavy (non-hydrogen) atoms. The van der Waals surface area contributed by atoms with Gasteiger partial charge in [-0.15, -0.1) is 0 Å². The summed E-state index contributed by atoms with van der Waals surface area (Å²) in [7, 11) is 1.67. The third-order valence-electron chi connectivity index (χ3n) is 4.55. The lowest BCUT2D eigenvalue weighted by Gasteiger charge is -2.26. The Morgan fingerprint density at radius 3 is 2.63 bits per heavy atom. The Bertz CT molecular complexity index is 706. The van der Waals surface area contributed by atoms with E-state index in [-0.39, 0.29) is 0 Å². The van der Waals surface area contributed by atoms with Gasteiger partial charge >= 0.3 is 0 Å². The van der Waals surface area contributed by atoms with Crippen molar-refractivity contribution in [1.29, 1.82) is 0 Å². The molecule has 1 heterocycles. The number of rotatable bonds is 9. The van der Waals surface area contributed by atoms with Gasteiger partial charge in [-0.2, -0.15) is 0 Å². The monoisotopic (exact) mass is 434 g/mol. The largest absolute Gasteiger partial charge is 0.493 e.